The van der Waals surface area contributed by atoms with Gasteiger partial charge in [0.05, 0.1) is 0 Å². The molecule has 1 saturated heterocycles. The number of nitrogens with zero attached hydrogens (tertiary/aromatic N) is 2. The molecule has 0 atom stereocenters. The first-order valence-electron chi connectivity index (χ1n) is 7.77. The van der Waals surface area contributed by atoms with Gasteiger partial charge in [0, 0.05) is 31.4 Å². The quantitative estimate of drug-likeness (QED) is 0.908. The maximum atomic E-state index is 12.6. The Morgan fingerprint density at radius 2 is 1.90 bits per heavy atom. The molecule has 0 aliphatic carbocycles. The van der Waals surface area contributed by atoms with Gasteiger partial charge in [0.1, 0.15) is 5.82 Å². The van der Waals surface area contributed by atoms with Crippen LogP contribution in [0.25, 0.3) is 0 Å². The van der Waals surface area contributed by atoms with Crippen LogP contribution in [0.2, 0.25) is 0 Å². The van der Waals surface area contributed by atoms with Crippen LogP contribution < -0.4 is 5.32 Å². The highest BCUT2D eigenvalue weighted by molar-refractivity contribution is 5.95. The molecule has 1 aliphatic rings. The van der Waals surface area contributed by atoms with Gasteiger partial charge >= 0.3 is 0 Å². The smallest absolute Gasteiger partial charge is 0.254 e. The summed E-state index contributed by atoms with van der Waals surface area (Å²) in [6.45, 7) is 10.5. The lowest BCUT2D eigenvalue weighted by Crippen LogP contribution is -2.41. The minimum Gasteiger partial charge on any atom is -0.373 e. The van der Waals surface area contributed by atoms with Gasteiger partial charge in [-0.2, -0.15) is 0 Å². The van der Waals surface area contributed by atoms with E-state index in [4.69, 9.17) is 0 Å². The Morgan fingerprint density at radius 1 is 1.29 bits per heavy atom. The van der Waals surface area contributed by atoms with Crippen molar-refractivity contribution in [2.45, 2.75) is 40.5 Å². The number of carbonyl (C=O) groups excluding carboxylic acids is 1. The molecule has 116 valence electrons. The lowest BCUT2D eigenvalue weighted by atomic mass is 9.75. The zero-order valence-corrected chi connectivity index (χ0v) is 13.9. The van der Waals surface area contributed by atoms with E-state index in [9.17, 15) is 4.79 Å². The Bertz CT molecular complexity index is 511. The van der Waals surface area contributed by atoms with Crippen molar-refractivity contribution < 1.29 is 4.79 Å². The molecule has 1 amide bonds. The van der Waals surface area contributed by atoms with E-state index in [1.165, 1.54) is 0 Å². The fourth-order valence-electron chi connectivity index (χ4n) is 3.05. The monoisotopic (exact) mass is 289 g/mol. The Hall–Kier alpha value is -1.58. The van der Waals surface area contributed by atoms with Gasteiger partial charge in [-0.05, 0) is 43.2 Å². The molecular formula is C17H27N3O. The van der Waals surface area contributed by atoms with Crippen molar-refractivity contribution in [2.24, 2.45) is 11.3 Å². The predicted molar refractivity (Wildman–Crippen MR) is 86.6 cm³/mol. The van der Waals surface area contributed by atoms with Crippen molar-refractivity contribution in [3.05, 3.63) is 23.4 Å². The van der Waals surface area contributed by atoms with Crippen LogP contribution in [-0.4, -0.2) is 35.9 Å². The van der Waals surface area contributed by atoms with Crippen LogP contribution in [0.3, 0.4) is 0 Å². The molecule has 0 saturated carbocycles. The average molecular weight is 289 g/mol. The Kier molecular flexibility index (Phi) is 4.55. The minimum atomic E-state index is 0.129. The molecular weight excluding hydrogens is 262 g/mol. The normalized spacial score (nSPS) is 16.9. The summed E-state index contributed by atoms with van der Waals surface area (Å²) in [5, 5.41) is 3.01. The third-order valence-electron chi connectivity index (χ3n) is 4.46. The van der Waals surface area contributed by atoms with Crippen LogP contribution in [0.15, 0.2) is 12.1 Å². The summed E-state index contributed by atoms with van der Waals surface area (Å²) in [7, 11) is 1.82. The van der Waals surface area contributed by atoms with Crippen LogP contribution in [0.5, 0.6) is 0 Å². The zero-order valence-electron chi connectivity index (χ0n) is 13.9. The molecule has 2 heterocycles. The van der Waals surface area contributed by atoms with E-state index in [2.05, 4.69) is 31.1 Å². The lowest BCUT2D eigenvalue weighted by Gasteiger charge is -2.38. The molecule has 2 rings (SSSR count). The predicted octanol–water partition coefficient (Wildman–Crippen LogP) is 3.33. The van der Waals surface area contributed by atoms with Crippen LogP contribution in [-0.2, 0) is 0 Å². The first kappa shape index (κ1) is 15.8. The third kappa shape index (κ3) is 3.74. The van der Waals surface area contributed by atoms with Crippen molar-refractivity contribution in [3.8, 4) is 0 Å². The maximum Gasteiger partial charge on any atom is 0.254 e. The van der Waals surface area contributed by atoms with Gasteiger partial charge in [-0.25, -0.2) is 4.98 Å². The van der Waals surface area contributed by atoms with Crippen molar-refractivity contribution in [2.75, 3.05) is 25.5 Å². The third-order valence-corrected chi connectivity index (χ3v) is 4.46. The van der Waals surface area contributed by atoms with Gasteiger partial charge in [0.15, 0.2) is 0 Å². The lowest BCUT2D eigenvalue weighted by molar-refractivity contribution is 0.0608. The standard InChI is InChI=1S/C17H27N3O/c1-12-10-13(11-15(18-5)19-12)16(21)20-8-6-14(7-9-20)17(2,3)4/h10-11,14H,6-9H2,1-5H3,(H,18,19). The molecule has 1 aromatic rings. The van der Waals surface area contributed by atoms with Crippen LogP contribution in [0, 0.1) is 18.3 Å². The van der Waals surface area contributed by atoms with E-state index in [1.54, 1.807) is 0 Å². The minimum absolute atomic E-state index is 0.129. The van der Waals surface area contributed by atoms with E-state index < -0.39 is 0 Å². The van der Waals surface area contributed by atoms with E-state index in [0.29, 0.717) is 11.3 Å². The first-order chi connectivity index (χ1) is 9.81. The van der Waals surface area contributed by atoms with Crippen molar-refractivity contribution in [1.82, 2.24) is 9.88 Å². The molecule has 21 heavy (non-hydrogen) atoms. The number of hydrogen-bond donors (Lipinski definition) is 1. The highest BCUT2D eigenvalue weighted by Gasteiger charge is 2.30. The second-order valence-corrected chi connectivity index (χ2v) is 7.06. The number of anilines is 1. The van der Waals surface area contributed by atoms with Gasteiger partial charge < -0.3 is 10.2 Å². The Labute approximate surface area is 127 Å². The molecule has 0 aromatic carbocycles. The summed E-state index contributed by atoms with van der Waals surface area (Å²) in [6.07, 6.45) is 2.19. The van der Waals surface area contributed by atoms with Crippen molar-refractivity contribution in [3.63, 3.8) is 0 Å². The van der Waals surface area contributed by atoms with Gasteiger partial charge in [-0.1, -0.05) is 20.8 Å². The van der Waals surface area contributed by atoms with Crippen LogP contribution in [0.1, 0.15) is 49.7 Å². The summed E-state index contributed by atoms with van der Waals surface area (Å²) in [6, 6.07) is 3.71. The molecule has 1 N–H and O–H groups in total. The van der Waals surface area contributed by atoms with Gasteiger partial charge in [0.25, 0.3) is 5.91 Å². The summed E-state index contributed by atoms with van der Waals surface area (Å²) >= 11 is 0. The number of pyridine rings is 1. The second-order valence-electron chi connectivity index (χ2n) is 7.06. The SMILES string of the molecule is CNc1cc(C(=O)N2CCC(C(C)(C)C)CC2)cc(C)n1. The number of nitrogens with one attached hydrogen (secondary N) is 1. The molecule has 4 nitrogen and oxygen atoms in total. The molecule has 1 fully saturated rings. The summed E-state index contributed by atoms with van der Waals surface area (Å²) in [5.74, 6) is 1.58. The maximum absolute atomic E-state index is 12.6. The van der Waals surface area contributed by atoms with Gasteiger partial charge in [-0.3, -0.25) is 4.79 Å². The van der Waals surface area contributed by atoms with Gasteiger partial charge in [0.2, 0.25) is 0 Å². The van der Waals surface area contributed by atoms with Crippen LogP contribution >= 0.6 is 0 Å². The number of carbonyl (C=O) groups is 1. The molecule has 4 heteroatoms. The number of hydrogen-bond acceptors (Lipinski definition) is 3. The number of aryl methyl sites for hydroxylation is 1. The summed E-state index contributed by atoms with van der Waals surface area (Å²) < 4.78 is 0. The highest BCUT2D eigenvalue weighted by Crippen LogP contribution is 2.34. The number of likely N-dealkylation sites (tertiary alicyclic amines) is 1. The Balaban J connectivity index is 2.07. The molecule has 1 aromatic heterocycles. The number of piperidine rings is 1. The summed E-state index contributed by atoms with van der Waals surface area (Å²) in [5.41, 5.74) is 1.94. The first-order valence-corrected chi connectivity index (χ1v) is 7.77. The van der Waals surface area contributed by atoms with Gasteiger partial charge in [-0.15, -0.1) is 0 Å². The summed E-state index contributed by atoms with van der Waals surface area (Å²) in [4.78, 5) is 19.0. The van der Waals surface area contributed by atoms with E-state index >= 15 is 0 Å². The fraction of sp³-hybridized carbons (Fsp3) is 0.647. The largest absolute Gasteiger partial charge is 0.373 e. The van der Waals surface area contributed by atoms with Crippen molar-refractivity contribution >= 4 is 11.7 Å². The number of amides is 1. The van der Waals surface area contributed by atoms with Crippen LogP contribution in [0.4, 0.5) is 5.82 Å². The van der Waals surface area contributed by atoms with E-state index in [-0.39, 0.29) is 5.91 Å². The molecule has 0 spiro atoms. The molecule has 1 aliphatic heterocycles. The highest BCUT2D eigenvalue weighted by atomic mass is 16.2. The fourth-order valence-corrected chi connectivity index (χ4v) is 3.05. The molecule has 0 unspecified atom stereocenters. The molecule has 0 bridgehead atoms. The zero-order chi connectivity index (χ0) is 15.6. The van der Waals surface area contributed by atoms with E-state index in [1.807, 2.05) is 31.0 Å². The molecule has 0 radical (unpaired) electrons. The number of aromatic nitrogens is 1. The average Bonchev–Trinajstić information content (AvgIpc) is 2.45. The number of rotatable bonds is 2. The Morgan fingerprint density at radius 3 is 2.43 bits per heavy atom. The van der Waals surface area contributed by atoms with Crippen molar-refractivity contribution in [1.29, 1.82) is 0 Å². The second kappa shape index (κ2) is 6.04. The topological polar surface area (TPSA) is 45.2 Å². The van der Waals surface area contributed by atoms with E-state index in [0.717, 1.165) is 43.0 Å².